The number of carbonyl (C=O) groups excluding carboxylic acids is 3. The van der Waals surface area contributed by atoms with Gasteiger partial charge in [0.1, 0.15) is 0 Å². The fraction of sp³-hybridized carbons (Fsp3) is 0.857. The number of aliphatic imine (C=N–C) groups is 1. The zero-order chi connectivity index (χ0) is 39.5. The van der Waals surface area contributed by atoms with E-state index in [1.165, 1.54) is 7.11 Å². The van der Waals surface area contributed by atoms with E-state index in [1.54, 1.807) is 0 Å². The van der Waals surface area contributed by atoms with Crippen molar-refractivity contribution in [1.29, 1.82) is 0 Å². The molecule has 302 valence electrons. The Kier molecular flexibility index (Phi) is 16.4. The van der Waals surface area contributed by atoms with Gasteiger partial charge < -0.3 is 0 Å². The predicted molar refractivity (Wildman–Crippen MR) is 155 cm³/mol. The van der Waals surface area contributed by atoms with Crippen molar-refractivity contribution in [1.82, 2.24) is 5.32 Å². The van der Waals surface area contributed by atoms with Crippen molar-refractivity contribution in [2.24, 2.45) is 4.99 Å². The molecule has 0 bridgehead atoms. The molecule has 20 atom stereocenters. The number of ether oxygens (including phenoxy) is 8. The van der Waals surface area contributed by atoms with Crippen molar-refractivity contribution in [2.75, 3.05) is 20.3 Å². The first-order valence-corrected chi connectivity index (χ1v) is 18.0. The molecule has 4 aliphatic heterocycles. The van der Waals surface area contributed by atoms with Crippen LogP contribution in [-0.4, -0.2) is 215 Å². The predicted octanol–water partition coefficient (Wildman–Crippen LogP) is -8.76. The molecule has 4 saturated heterocycles. The van der Waals surface area contributed by atoms with Crippen LogP contribution in [0.25, 0.3) is 0 Å². The number of methoxy groups -OCH3 is 1. The number of nitrogens with zero attached hydrogens (tertiary/aromatic N) is 1. The fourth-order valence-corrected chi connectivity index (χ4v) is 7.11. The molecule has 11 N–H and O–H groups in total. The number of aliphatic hydroxyl groups is 10. The van der Waals surface area contributed by atoms with Crippen LogP contribution in [0, 0.1) is 0 Å². The zero-order valence-electron chi connectivity index (χ0n) is 27.8. The summed E-state index contributed by atoms with van der Waals surface area (Å²) in [4.78, 5) is 41.3. The molecule has 0 aromatic carbocycles. The van der Waals surface area contributed by atoms with Crippen molar-refractivity contribution in [3.63, 3.8) is 0 Å². The first kappa shape index (κ1) is 44.7. The molecule has 25 heteroatoms. The number of amides is 1. The van der Waals surface area contributed by atoms with Crippen LogP contribution in [0.4, 0.5) is 0 Å². The summed E-state index contributed by atoms with van der Waals surface area (Å²) in [6.07, 6.45) is -31.7. The number of hydrogen-bond acceptors (Lipinski definition) is 22. The molecular weight excluding hydrogens is 892 g/mol. The van der Waals surface area contributed by atoms with Gasteiger partial charge in [0.05, 0.1) is 0 Å². The first-order chi connectivity index (χ1) is 25.0. The number of nitrogens with one attached hydrogen (secondary N) is 1. The quantitative estimate of drug-likeness (QED) is 0.0464. The van der Waals surface area contributed by atoms with E-state index in [9.17, 15) is 65.4 Å². The minimum absolute atomic E-state index is 0.746. The summed E-state index contributed by atoms with van der Waals surface area (Å²) in [7, 11) is 1.24. The van der Waals surface area contributed by atoms with Gasteiger partial charge in [-0.2, -0.15) is 0 Å². The van der Waals surface area contributed by atoms with E-state index in [4.69, 9.17) is 37.9 Å². The van der Waals surface area contributed by atoms with Crippen LogP contribution in [0.2, 0.25) is 0 Å². The Hall–Kier alpha value is -1.02. The number of aliphatic hydroxyl groups excluding tert-OH is 10. The van der Waals surface area contributed by atoms with Crippen LogP contribution < -0.4 is 5.32 Å². The van der Waals surface area contributed by atoms with E-state index in [0.29, 0.717) is 0 Å². The molecule has 0 aliphatic carbocycles. The van der Waals surface area contributed by atoms with Gasteiger partial charge in [-0.25, -0.2) is 0 Å². The Labute approximate surface area is 322 Å². The van der Waals surface area contributed by atoms with Gasteiger partial charge >= 0.3 is 324 Å². The van der Waals surface area contributed by atoms with Crippen LogP contribution in [0.15, 0.2) is 4.99 Å². The molecule has 0 radical (unpaired) electrons. The number of rotatable bonds is 13. The van der Waals surface area contributed by atoms with Crippen LogP contribution in [0.5, 0.6) is 0 Å². The topological polar surface area (TPSA) is 352 Å². The maximum atomic E-state index is 12.9. The Morgan fingerprint density at radius 2 is 1.17 bits per heavy atom. The summed E-state index contributed by atoms with van der Waals surface area (Å²) in [5.41, 5.74) is 0. The van der Waals surface area contributed by atoms with Crippen molar-refractivity contribution in [3.05, 3.63) is 0 Å². The molecular formula is C28H42Mo2N2O21. The third-order valence-electron chi connectivity index (χ3n) is 8.85. The van der Waals surface area contributed by atoms with Crippen LogP contribution >= 0.6 is 0 Å². The van der Waals surface area contributed by atoms with Gasteiger partial charge in [-0.05, 0) is 0 Å². The van der Waals surface area contributed by atoms with Gasteiger partial charge in [-0.3, -0.25) is 0 Å². The van der Waals surface area contributed by atoms with Crippen molar-refractivity contribution in [3.8, 4) is 0 Å². The van der Waals surface area contributed by atoms with Gasteiger partial charge in [0, 0.05) is 0 Å². The SMILES string of the molecule is CO/C=N\[C@@H]1[C@@H](O[C@@H]2O[C@H]([C](=O)[Mo])[C@@H](O[C@@H]3O[C@H](CO)[C@@H](O)[C@H](O[C@@H]4O[C@H]([C](=O)[Mo])[C@@H](O)[C@H](O)[C@H]4O)[C@H]3NC(C)=O)[C@H](O)[C@H]2O)[C@H](O)[C@@H](CO)O[C@H]1O. The molecule has 4 fully saturated rings. The third kappa shape index (κ3) is 9.93. The molecule has 0 aromatic heterocycles. The summed E-state index contributed by atoms with van der Waals surface area (Å²) >= 11 is 1.88. The summed E-state index contributed by atoms with van der Waals surface area (Å²) in [5.74, 6) is -0.778. The molecule has 4 heterocycles. The third-order valence-corrected chi connectivity index (χ3v) is 10.00. The van der Waals surface area contributed by atoms with Gasteiger partial charge in [-0.15, -0.1) is 0 Å². The van der Waals surface area contributed by atoms with Crippen LogP contribution in [-0.2, 0) is 91.9 Å². The fourth-order valence-electron chi connectivity index (χ4n) is 6.16. The van der Waals surface area contributed by atoms with Crippen LogP contribution in [0.1, 0.15) is 6.92 Å². The van der Waals surface area contributed by atoms with Crippen molar-refractivity contribution < 1.29 is 143 Å². The normalized spacial score (nSPS) is 46.5. The van der Waals surface area contributed by atoms with E-state index < -0.39 is 150 Å². The van der Waals surface area contributed by atoms with Crippen LogP contribution in [0.3, 0.4) is 0 Å². The van der Waals surface area contributed by atoms with Gasteiger partial charge in [0.25, 0.3) is 0 Å². The van der Waals surface area contributed by atoms with E-state index in [2.05, 4.69) is 10.3 Å². The van der Waals surface area contributed by atoms with Crippen molar-refractivity contribution in [2.45, 2.75) is 130 Å². The van der Waals surface area contributed by atoms with Gasteiger partial charge in [-0.1, -0.05) is 0 Å². The maximum absolute atomic E-state index is 12.9. The molecule has 4 rings (SSSR count). The van der Waals surface area contributed by atoms with E-state index in [-0.39, 0.29) is 0 Å². The molecule has 53 heavy (non-hydrogen) atoms. The van der Waals surface area contributed by atoms with E-state index in [1.807, 2.05) is 0 Å². The average molecular weight is 935 g/mol. The Morgan fingerprint density at radius 1 is 0.660 bits per heavy atom. The molecule has 0 aromatic rings. The Balaban J connectivity index is 1.62. The zero-order valence-corrected chi connectivity index (χ0v) is 31.8. The van der Waals surface area contributed by atoms with E-state index in [0.717, 1.165) is 53.0 Å². The molecule has 1 amide bonds. The molecule has 23 nitrogen and oxygen atoms in total. The second-order valence-electron chi connectivity index (χ2n) is 12.4. The standard InChI is InChI=1S/C28H42N2O21.2Mo/c1-8(35)30-14-24(51-27-20(41)18(39)15(36)9(3-31)47-27)17(38)11(5-33)46-26(14)49-22-12(6-34)48-28(21(42)19(22)40)50-23-13(29-7-44-2)25(43)45-10(4-32)16(23)37;;/h7,9-28,32-33,36-43H,4-5H2,1-2H3,(H,30,35);;/b29-7-;;/t9-,10-,11-,12-,13-,14-,15-,16-,17-,18+,19-,20-,21-,22-,23-,24-,25-,26+,27+,28+;;/m1../s1. The second-order valence-corrected chi connectivity index (χ2v) is 14.4. The molecule has 0 saturated carbocycles. The van der Waals surface area contributed by atoms with E-state index >= 15 is 0 Å². The summed E-state index contributed by atoms with van der Waals surface area (Å²) in [6, 6.07) is -3.07. The Morgan fingerprint density at radius 3 is 1.72 bits per heavy atom. The summed E-state index contributed by atoms with van der Waals surface area (Å²) in [5, 5.41) is 108. The number of carbonyl (C=O) groups is 3. The minimum atomic E-state index is -2.09. The monoisotopic (exact) mass is 938 g/mol. The first-order valence-electron chi connectivity index (χ1n) is 15.9. The second kappa shape index (κ2) is 19.4. The molecule has 0 spiro atoms. The average Bonchev–Trinajstić information content (AvgIpc) is 3.10. The summed E-state index contributed by atoms with van der Waals surface area (Å²) < 4.78 is 42.6. The van der Waals surface area contributed by atoms with Gasteiger partial charge in [0.2, 0.25) is 0 Å². The number of hydrogen-bond donors (Lipinski definition) is 11. The summed E-state index contributed by atoms with van der Waals surface area (Å²) in [6.45, 7) is -0.648. The molecule has 4 aliphatic rings. The molecule has 0 unspecified atom stereocenters. The van der Waals surface area contributed by atoms with Crippen molar-refractivity contribution >= 4 is 20.7 Å². The van der Waals surface area contributed by atoms with Gasteiger partial charge in [0.15, 0.2) is 0 Å². The Bertz CT molecular complexity index is 1290.